The van der Waals surface area contributed by atoms with Crippen molar-refractivity contribution >= 4 is 0 Å². The maximum atomic E-state index is 12.0. The minimum absolute atomic E-state index is 0.125. The topological polar surface area (TPSA) is 50.9 Å². The van der Waals surface area contributed by atoms with Crippen molar-refractivity contribution in [1.82, 2.24) is 14.8 Å². The van der Waals surface area contributed by atoms with E-state index in [0.29, 0.717) is 12.4 Å². The molecule has 4 nitrogen and oxygen atoms in total. The lowest BCUT2D eigenvalue weighted by Gasteiger charge is -2.12. The Morgan fingerprint density at radius 3 is 2.75 bits per heavy atom. The molecule has 1 N–H and O–H groups in total. The van der Waals surface area contributed by atoms with E-state index in [2.05, 4.69) is 10.1 Å². The van der Waals surface area contributed by atoms with Crippen LogP contribution in [0.2, 0.25) is 0 Å². The second-order valence-corrected chi connectivity index (χ2v) is 3.58. The van der Waals surface area contributed by atoms with Crippen LogP contribution in [0.5, 0.6) is 0 Å². The molecule has 1 atom stereocenters. The fourth-order valence-corrected chi connectivity index (χ4v) is 1.39. The van der Waals surface area contributed by atoms with Crippen molar-refractivity contribution in [2.75, 3.05) is 0 Å². The Labute approximate surface area is 91.1 Å². The second-order valence-electron chi connectivity index (χ2n) is 3.58. The van der Waals surface area contributed by atoms with Crippen LogP contribution in [0, 0.1) is 0 Å². The summed E-state index contributed by atoms with van der Waals surface area (Å²) in [6.07, 6.45) is -5.06. The molecular weight excluding hydrogens is 223 g/mol. The molecular formula is C9H14F3N3O. The molecule has 0 saturated carbocycles. The fraction of sp³-hybridized carbons (Fsp3) is 0.778. The smallest absolute Gasteiger partial charge is 0.391 e. The van der Waals surface area contributed by atoms with Crippen molar-refractivity contribution in [3.8, 4) is 0 Å². The SMILES string of the molecule is CCCn1ncnc1CC(O)CC(F)(F)F. The lowest BCUT2D eigenvalue weighted by atomic mass is 10.2. The zero-order valence-electron chi connectivity index (χ0n) is 8.91. The molecule has 0 fully saturated rings. The Morgan fingerprint density at radius 1 is 1.50 bits per heavy atom. The molecule has 16 heavy (non-hydrogen) atoms. The predicted molar refractivity (Wildman–Crippen MR) is 50.7 cm³/mol. The summed E-state index contributed by atoms with van der Waals surface area (Å²) < 4.78 is 37.5. The predicted octanol–water partition coefficient (Wildman–Crippen LogP) is 1.54. The maximum absolute atomic E-state index is 12.0. The number of aliphatic hydroxyl groups excluding tert-OH is 1. The highest BCUT2D eigenvalue weighted by molar-refractivity contribution is 4.88. The first-order chi connectivity index (χ1) is 7.42. The van der Waals surface area contributed by atoms with Gasteiger partial charge in [0.1, 0.15) is 12.2 Å². The molecule has 0 amide bonds. The Balaban J connectivity index is 2.55. The van der Waals surface area contributed by atoms with Gasteiger partial charge < -0.3 is 5.11 Å². The minimum atomic E-state index is -4.35. The molecule has 1 heterocycles. The van der Waals surface area contributed by atoms with Gasteiger partial charge in [0.25, 0.3) is 0 Å². The maximum Gasteiger partial charge on any atom is 0.391 e. The molecule has 0 radical (unpaired) electrons. The van der Waals surface area contributed by atoms with Gasteiger partial charge in [0.05, 0.1) is 12.5 Å². The second kappa shape index (κ2) is 5.29. The summed E-state index contributed by atoms with van der Waals surface area (Å²) in [5.74, 6) is 0.388. The third-order valence-corrected chi connectivity index (χ3v) is 2.02. The fourth-order valence-electron chi connectivity index (χ4n) is 1.39. The van der Waals surface area contributed by atoms with Crippen LogP contribution in [0.4, 0.5) is 13.2 Å². The number of alkyl halides is 3. The number of aryl methyl sites for hydroxylation is 1. The molecule has 0 aliphatic carbocycles. The molecule has 92 valence electrons. The van der Waals surface area contributed by atoms with Gasteiger partial charge in [0.2, 0.25) is 0 Å². The third-order valence-electron chi connectivity index (χ3n) is 2.02. The summed E-state index contributed by atoms with van der Waals surface area (Å²) >= 11 is 0. The molecule has 1 unspecified atom stereocenters. The van der Waals surface area contributed by atoms with Crippen molar-refractivity contribution in [2.45, 2.75) is 45.0 Å². The van der Waals surface area contributed by atoms with E-state index in [1.165, 1.54) is 11.0 Å². The van der Waals surface area contributed by atoms with Crippen LogP contribution in [0.15, 0.2) is 6.33 Å². The van der Waals surface area contributed by atoms with Crippen LogP contribution >= 0.6 is 0 Å². The molecule has 0 bridgehead atoms. The molecule has 7 heteroatoms. The first kappa shape index (κ1) is 13.0. The van der Waals surface area contributed by atoms with E-state index in [9.17, 15) is 18.3 Å². The van der Waals surface area contributed by atoms with Crippen molar-refractivity contribution in [2.24, 2.45) is 0 Å². The number of halogens is 3. The third kappa shape index (κ3) is 4.18. The largest absolute Gasteiger partial charge is 0.392 e. The summed E-state index contributed by atoms with van der Waals surface area (Å²) in [6, 6.07) is 0. The number of hydrogen-bond acceptors (Lipinski definition) is 3. The monoisotopic (exact) mass is 237 g/mol. The molecule has 0 spiro atoms. The van der Waals surface area contributed by atoms with E-state index >= 15 is 0 Å². The van der Waals surface area contributed by atoms with Gasteiger partial charge in [0.15, 0.2) is 0 Å². The van der Waals surface area contributed by atoms with E-state index in [0.717, 1.165) is 6.42 Å². The zero-order chi connectivity index (χ0) is 12.2. The average Bonchev–Trinajstić information content (AvgIpc) is 2.50. The van der Waals surface area contributed by atoms with Gasteiger partial charge in [-0.05, 0) is 6.42 Å². The van der Waals surface area contributed by atoms with Crippen molar-refractivity contribution in [3.05, 3.63) is 12.2 Å². The van der Waals surface area contributed by atoms with E-state index in [4.69, 9.17) is 0 Å². The van der Waals surface area contributed by atoms with E-state index < -0.39 is 18.7 Å². The zero-order valence-corrected chi connectivity index (χ0v) is 8.91. The Kier molecular flexibility index (Phi) is 4.28. The summed E-state index contributed by atoms with van der Waals surface area (Å²) in [5.41, 5.74) is 0. The van der Waals surface area contributed by atoms with Gasteiger partial charge in [-0.25, -0.2) is 4.98 Å². The van der Waals surface area contributed by atoms with Crippen LogP contribution < -0.4 is 0 Å². The summed E-state index contributed by atoms with van der Waals surface area (Å²) in [5, 5.41) is 13.1. The molecule has 0 aromatic carbocycles. The van der Waals surface area contributed by atoms with Crippen molar-refractivity contribution < 1.29 is 18.3 Å². The Bertz CT molecular complexity index is 324. The first-order valence-electron chi connectivity index (χ1n) is 5.04. The normalized spacial score (nSPS) is 14.1. The molecule has 1 aromatic heterocycles. The lowest BCUT2D eigenvalue weighted by Crippen LogP contribution is -2.23. The van der Waals surface area contributed by atoms with Crippen molar-refractivity contribution in [3.63, 3.8) is 0 Å². The van der Waals surface area contributed by atoms with E-state index in [1.54, 1.807) is 0 Å². The number of aromatic nitrogens is 3. The van der Waals surface area contributed by atoms with Crippen LogP contribution in [0.1, 0.15) is 25.6 Å². The van der Waals surface area contributed by atoms with Gasteiger partial charge in [-0.1, -0.05) is 6.92 Å². The number of nitrogens with zero attached hydrogens (tertiary/aromatic N) is 3. The summed E-state index contributed by atoms with van der Waals surface area (Å²) in [6.45, 7) is 2.52. The highest BCUT2D eigenvalue weighted by Crippen LogP contribution is 2.22. The average molecular weight is 237 g/mol. The molecule has 0 saturated heterocycles. The van der Waals surface area contributed by atoms with Gasteiger partial charge >= 0.3 is 6.18 Å². The van der Waals surface area contributed by atoms with Gasteiger partial charge in [0, 0.05) is 13.0 Å². The summed E-state index contributed by atoms with van der Waals surface area (Å²) in [4.78, 5) is 3.83. The quantitative estimate of drug-likeness (QED) is 0.845. The minimum Gasteiger partial charge on any atom is -0.392 e. The van der Waals surface area contributed by atoms with Gasteiger partial charge in [-0.15, -0.1) is 0 Å². The van der Waals surface area contributed by atoms with Crippen LogP contribution in [-0.4, -0.2) is 32.2 Å². The number of aliphatic hydroxyl groups is 1. The van der Waals surface area contributed by atoms with Crippen molar-refractivity contribution in [1.29, 1.82) is 0 Å². The van der Waals surface area contributed by atoms with Crippen LogP contribution in [0.25, 0.3) is 0 Å². The Hall–Kier alpha value is -1.11. The van der Waals surface area contributed by atoms with Crippen LogP contribution in [0.3, 0.4) is 0 Å². The van der Waals surface area contributed by atoms with Gasteiger partial charge in [-0.2, -0.15) is 18.3 Å². The number of rotatable bonds is 5. The standard InChI is InChI=1S/C9H14F3N3O/c1-2-3-15-8(13-6-14-15)4-7(16)5-9(10,11)12/h6-7,16H,2-5H2,1H3. The lowest BCUT2D eigenvalue weighted by molar-refractivity contribution is -0.153. The summed E-state index contributed by atoms with van der Waals surface area (Å²) in [7, 11) is 0. The molecule has 1 aromatic rings. The highest BCUT2D eigenvalue weighted by atomic mass is 19.4. The Morgan fingerprint density at radius 2 is 2.19 bits per heavy atom. The van der Waals surface area contributed by atoms with E-state index in [1.807, 2.05) is 6.92 Å². The highest BCUT2D eigenvalue weighted by Gasteiger charge is 2.31. The number of hydrogen-bond donors (Lipinski definition) is 1. The van der Waals surface area contributed by atoms with E-state index in [-0.39, 0.29) is 6.42 Å². The van der Waals surface area contributed by atoms with Crippen LogP contribution in [-0.2, 0) is 13.0 Å². The molecule has 1 rings (SSSR count). The van der Waals surface area contributed by atoms with Gasteiger partial charge in [-0.3, -0.25) is 4.68 Å². The molecule has 0 aliphatic heterocycles. The first-order valence-corrected chi connectivity index (χ1v) is 5.04. The molecule has 0 aliphatic rings.